The molecule has 0 aliphatic heterocycles. The number of carbonyl (C=O) groups excluding carboxylic acids is 1. The Balaban J connectivity index is 3.48. The summed E-state index contributed by atoms with van der Waals surface area (Å²) in [4.78, 5) is 14.1. The number of allylic oxidation sites excluding steroid dienone is 9. The lowest BCUT2D eigenvalue weighted by Crippen LogP contribution is -1.93. The lowest BCUT2D eigenvalue weighted by atomic mass is 10.1. The Kier molecular flexibility index (Phi) is 18.7. The summed E-state index contributed by atoms with van der Waals surface area (Å²) in [6.45, 7) is 2.26. The summed E-state index contributed by atoms with van der Waals surface area (Å²) in [5.74, 6) is -0.786. The predicted molar refractivity (Wildman–Crippen MR) is 106 cm³/mol. The zero-order chi connectivity index (χ0) is 18.4. The molecular formula is C22H34O3. The summed E-state index contributed by atoms with van der Waals surface area (Å²) in [5.41, 5.74) is 0. The molecule has 25 heavy (non-hydrogen) atoms. The first-order valence-electron chi connectivity index (χ1n) is 9.49. The van der Waals surface area contributed by atoms with E-state index >= 15 is 0 Å². The van der Waals surface area contributed by atoms with E-state index in [0.29, 0.717) is 0 Å². The summed E-state index contributed by atoms with van der Waals surface area (Å²) >= 11 is 0. The van der Waals surface area contributed by atoms with Gasteiger partial charge in [0.05, 0.1) is 0 Å². The molecule has 0 aromatic carbocycles. The molecule has 0 saturated carbocycles. The van der Waals surface area contributed by atoms with Crippen molar-refractivity contribution in [3.8, 4) is 0 Å². The Labute approximate surface area is 153 Å². The van der Waals surface area contributed by atoms with Crippen LogP contribution in [0, 0.1) is 0 Å². The van der Waals surface area contributed by atoms with Gasteiger partial charge < -0.3 is 0 Å². The number of hydrogen-bond donors (Lipinski definition) is 1. The minimum atomic E-state index is -0.786. The van der Waals surface area contributed by atoms with Crippen LogP contribution in [0.1, 0.15) is 71.1 Å². The van der Waals surface area contributed by atoms with E-state index in [-0.39, 0.29) is 0 Å². The van der Waals surface area contributed by atoms with E-state index in [0.717, 1.165) is 12.5 Å². The molecule has 1 N–H and O–H groups in total. The van der Waals surface area contributed by atoms with Crippen molar-refractivity contribution >= 4 is 5.97 Å². The largest absolute Gasteiger partial charge is 0.365 e. The minimum absolute atomic E-state index is 0.786. The highest BCUT2D eigenvalue weighted by molar-refractivity contribution is 5.81. The van der Waals surface area contributed by atoms with Gasteiger partial charge in [0.25, 0.3) is 0 Å². The van der Waals surface area contributed by atoms with Gasteiger partial charge in [0, 0.05) is 6.08 Å². The van der Waals surface area contributed by atoms with Crippen LogP contribution >= 0.6 is 0 Å². The van der Waals surface area contributed by atoms with Crippen LogP contribution in [0.25, 0.3) is 0 Å². The van der Waals surface area contributed by atoms with Crippen molar-refractivity contribution in [1.82, 2.24) is 0 Å². The van der Waals surface area contributed by atoms with Crippen LogP contribution in [0.2, 0.25) is 0 Å². The molecule has 0 rings (SSSR count). The molecule has 140 valence electrons. The van der Waals surface area contributed by atoms with Gasteiger partial charge >= 0.3 is 5.97 Å². The molecule has 0 aromatic heterocycles. The molecule has 0 spiro atoms. The van der Waals surface area contributed by atoms with E-state index in [9.17, 15) is 4.79 Å². The maximum atomic E-state index is 10.6. The van der Waals surface area contributed by atoms with Crippen molar-refractivity contribution in [2.45, 2.75) is 71.1 Å². The van der Waals surface area contributed by atoms with Gasteiger partial charge in [0.15, 0.2) is 0 Å². The van der Waals surface area contributed by atoms with Gasteiger partial charge in [-0.1, -0.05) is 113 Å². The molecule has 0 amide bonds. The molecule has 0 aliphatic rings. The maximum Gasteiger partial charge on any atom is 0.365 e. The van der Waals surface area contributed by atoms with Gasteiger partial charge in [-0.25, -0.2) is 4.79 Å². The molecule has 3 heteroatoms. The van der Waals surface area contributed by atoms with Crippen LogP contribution in [0.3, 0.4) is 0 Å². The smallest absolute Gasteiger partial charge is 0.296 e. The molecule has 0 radical (unpaired) electrons. The number of carbonyl (C=O) groups is 1. The summed E-state index contributed by atoms with van der Waals surface area (Å²) in [7, 11) is 0. The highest BCUT2D eigenvalue weighted by atomic mass is 17.1. The van der Waals surface area contributed by atoms with Crippen LogP contribution in [-0.4, -0.2) is 11.2 Å². The highest BCUT2D eigenvalue weighted by Crippen LogP contribution is 2.10. The fourth-order valence-corrected chi connectivity index (χ4v) is 2.30. The minimum Gasteiger partial charge on any atom is -0.296 e. The van der Waals surface area contributed by atoms with Crippen molar-refractivity contribution in [1.29, 1.82) is 0 Å². The van der Waals surface area contributed by atoms with E-state index in [1.807, 2.05) is 24.3 Å². The first-order valence-corrected chi connectivity index (χ1v) is 9.49. The maximum absolute atomic E-state index is 10.6. The fraction of sp³-hybridized carbons (Fsp3) is 0.500. The van der Waals surface area contributed by atoms with Gasteiger partial charge in [-0.15, -0.1) is 0 Å². The molecule has 0 bridgehead atoms. The average molecular weight is 347 g/mol. The van der Waals surface area contributed by atoms with Crippen molar-refractivity contribution in [3.05, 3.63) is 60.8 Å². The Hall–Kier alpha value is -1.87. The first kappa shape index (κ1) is 23.1. The van der Waals surface area contributed by atoms with Crippen LogP contribution in [0.5, 0.6) is 0 Å². The highest BCUT2D eigenvalue weighted by Gasteiger charge is 1.91. The lowest BCUT2D eigenvalue weighted by Gasteiger charge is -2.00. The molecule has 0 heterocycles. The Morgan fingerprint density at radius 3 is 1.76 bits per heavy atom. The van der Waals surface area contributed by atoms with E-state index < -0.39 is 5.97 Å². The molecule has 0 aromatic rings. The Morgan fingerprint density at radius 2 is 1.20 bits per heavy atom. The van der Waals surface area contributed by atoms with E-state index in [4.69, 9.17) is 5.26 Å². The predicted octanol–water partition coefficient (Wildman–Crippen LogP) is 6.70. The van der Waals surface area contributed by atoms with Gasteiger partial charge in [-0.2, -0.15) is 5.26 Å². The molecule has 0 fully saturated rings. The van der Waals surface area contributed by atoms with Gasteiger partial charge in [-0.3, -0.25) is 4.89 Å². The molecule has 3 nitrogen and oxygen atoms in total. The Morgan fingerprint density at radius 1 is 0.720 bits per heavy atom. The Bertz CT molecular complexity index is 442. The number of unbranched alkanes of at least 4 members (excludes halogenated alkanes) is 9. The van der Waals surface area contributed by atoms with Crippen LogP contribution in [0.15, 0.2) is 60.8 Å². The second-order valence-electron chi connectivity index (χ2n) is 5.97. The second kappa shape index (κ2) is 20.2. The molecule has 0 saturated heterocycles. The first-order chi connectivity index (χ1) is 12.3. The zero-order valence-electron chi connectivity index (χ0n) is 15.6. The number of rotatable bonds is 15. The summed E-state index contributed by atoms with van der Waals surface area (Å²) in [6, 6.07) is 0. The molecule has 0 atom stereocenters. The molecular weight excluding hydrogens is 312 g/mol. The topological polar surface area (TPSA) is 46.5 Å². The quantitative estimate of drug-likeness (QED) is 0.118. The summed E-state index contributed by atoms with van der Waals surface area (Å²) < 4.78 is 0. The van der Waals surface area contributed by atoms with Crippen molar-refractivity contribution in [3.63, 3.8) is 0 Å². The van der Waals surface area contributed by atoms with Gasteiger partial charge in [-0.05, 0) is 12.8 Å². The standard InChI is InChI=1S/C22H34O3/c1-2-3-4-5-6-7-8-9-10-11-12-13-14-15-16-17-18-19-20-21-22(23)25-24/h12-21,24H,2-11H2,1H3/b13-12+,15-14+,17-16+,19-18+,21-20+. The van der Waals surface area contributed by atoms with Crippen LogP contribution < -0.4 is 0 Å². The molecule has 0 aliphatic carbocycles. The van der Waals surface area contributed by atoms with Crippen molar-refractivity contribution < 1.29 is 14.9 Å². The summed E-state index contributed by atoms with van der Waals surface area (Å²) in [6.07, 6.45) is 31.6. The van der Waals surface area contributed by atoms with Crippen LogP contribution in [0.4, 0.5) is 0 Å². The SMILES string of the molecule is CCCCCCCCCCC/C=C/C=C/C=C/C=C/C=C/C(=O)OO. The van der Waals surface area contributed by atoms with Crippen LogP contribution in [-0.2, 0) is 9.68 Å². The average Bonchev–Trinajstić information content (AvgIpc) is 2.63. The van der Waals surface area contributed by atoms with Gasteiger partial charge in [0.2, 0.25) is 0 Å². The number of hydrogen-bond acceptors (Lipinski definition) is 3. The zero-order valence-corrected chi connectivity index (χ0v) is 15.6. The normalized spacial score (nSPS) is 12.6. The molecule has 0 unspecified atom stereocenters. The third-order valence-corrected chi connectivity index (χ3v) is 3.71. The monoisotopic (exact) mass is 346 g/mol. The lowest BCUT2D eigenvalue weighted by molar-refractivity contribution is -0.228. The third-order valence-electron chi connectivity index (χ3n) is 3.71. The van der Waals surface area contributed by atoms with E-state index in [1.165, 1.54) is 63.9 Å². The fourth-order valence-electron chi connectivity index (χ4n) is 2.30. The van der Waals surface area contributed by atoms with Gasteiger partial charge in [0.1, 0.15) is 0 Å². The third kappa shape index (κ3) is 20.1. The second-order valence-corrected chi connectivity index (χ2v) is 5.97. The van der Waals surface area contributed by atoms with E-state index in [1.54, 1.807) is 12.2 Å². The van der Waals surface area contributed by atoms with E-state index in [2.05, 4.69) is 24.0 Å². The summed E-state index contributed by atoms with van der Waals surface area (Å²) in [5, 5.41) is 8.03. The van der Waals surface area contributed by atoms with Crippen molar-refractivity contribution in [2.24, 2.45) is 0 Å². The van der Waals surface area contributed by atoms with Crippen molar-refractivity contribution in [2.75, 3.05) is 0 Å².